The Balaban J connectivity index is 2.78. The summed E-state index contributed by atoms with van der Waals surface area (Å²) in [5.41, 5.74) is 0. The normalized spacial score (nSPS) is 10.4. The first-order valence-corrected chi connectivity index (χ1v) is 3.48. The molecule has 0 saturated heterocycles. The van der Waals surface area contributed by atoms with Gasteiger partial charge in [0.25, 0.3) is 0 Å². The lowest BCUT2D eigenvalue weighted by atomic mass is 10.3. The molecule has 0 spiro atoms. The Morgan fingerprint density at radius 3 is 3.10 bits per heavy atom. The topological polar surface area (TPSA) is 49.7 Å². The van der Waals surface area contributed by atoms with E-state index < -0.39 is 0 Å². The summed E-state index contributed by atoms with van der Waals surface area (Å²) in [5, 5.41) is 12.4. The molecule has 4 heteroatoms. The largest absolute Gasteiger partial charge is 0.411 e. The van der Waals surface area contributed by atoms with Gasteiger partial charge in [0.15, 0.2) is 0 Å². The fourth-order valence-corrected chi connectivity index (χ4v) is 1.16. The number of oxime groups is 1. The van der Waals surface area contributed by atoms with Crippen molar-refractivity contribution in [1.82, 2.24) is 0 Å². The van der Waals surface area contributed by atoms with Gasteiger partial charge in [-0.2, -0.15) is 0 Å². The summed E-state index contributed by atoms with van der Waals surface area (Å²) in [6.07, 6.45) is 0.881. The molecule has 0 aliphatic rings. The number of hydrogen-bond donors (Lipinski definition) is 1. The van der Waals surface area contributed by atoms with Crippen molar-refractivity contribution in [3.8, 4) is 0 Å². The van der Waals surface area contributed by atoms with Crippen LogP contribution in [0, 0.1) is 0 Å². The summed E-state index contributed by atoms with van der Waals surface area (Å²) < 4.78 is 0. The monoisotopic (exact) mass is 155 g/mol. The zero-order valence-corrected chi connectivity index (χ0v) is 5.84. The SMILES string of the molecule is O=C(/C=N/O)c1cccs1. The first-order valence-electron chi connectivity index (χ1n) is 2.60. The van der Waals surface area contributed by atoms with Crippen LogP contribution in [-0.4, -0.2) is 17.2 Å². The zero-order valence-electron chi connectivity index (χ0n) is 5.02. The molecule has 0 amide bonds. The Morgan fingerprint density at radius 2 is 2.60 bits per heavy atom. The van der Waals surface area contributed by atoms with Crippen LogP contribution in [0.2, 0.25) is 0 Å². The molecule has 0 aliphatic heterocycles. The average Bonchev–Trinajstić information content (AvgIpc) is 2.38. The molecule has 52 valence electrons. The summed E-state index contributed by atoms with van der Waals surface area (Å²) in [4.78, 5) is 11.4. The molecule has 0 atom stereocenters. The lowest BCUT2D eigenvalue weighted by Crippen LogP contribution is -1.95. The van der Waals surface area contributed by atoms with Crippen LogP contribution in [0.3, 0.4) is 0 Å². The molecule has 10 heavy (non-hydrogen) atoms. The fourth-order valence-electron chi connectivity index (χ4n) is 0.535. The van der Waals surface area contributed by atoms with Crippen molar-refractivity contribution in [3.05, 3.63) is 22.4 Å². The number of thiophene rings is 1. The average molecular weight is 155 g/mol. The summed E-state index contributed by atoms with van der Waals surface area (Å²) >= 11 is 1.32. The van der Waals surface area contributed by atoms with Gasteiger partial charge in [-0.15, -0.1) is 11.3 Å². The third-order valence-electron chi connectivity index (χ3n) is 0.939. The molecule has 0 bridgehead atoms. The third kappa shape index (κ3) is 1.41. The quantitative estimate of drug-likeness (QED) is 0.303. The van der Waals surface area contributed by atoms with Gasteiger partial charge in [0.05, 0.1) is 4.88 Å². The molecule has 1 aromatic rings. The summed E-state index contributed by atoms with van der Waals surface area (Å²) in [6, 6.07) is 3.44. The maximum absolute atomic E-state index is 10.8. The molecule has 0 aliphatic carbocycles. The molecule has 0 saturated carbocycles. The van der Waals surface area contributed by atoms with Gasteiger partial charge in [-0.1, -0.05) is 11.2 Å². The van der Waals surface area contributed by atoms with E-state index in [1.165, 1.54) is 11.3 Å². The van der Waals surface area contributed by atoms with E-state index in [2.05, 4.69) is 5.16 Å². The number of nitrogens with zero attached hydrogens (tertiary/aromatic N) is 1. The molecular formula is C6H5NO2S. The second-order valence-corrected chi connectivity index (χ2v) is 2.53. The van der Waals surface area contributed by atoms with Crippen molar-refractivity contribution >= 4 is 23.3 Å². The second-order valence-electron chi connectivity index (χ2n) is 1.59. The zero-order chi connectivity index (χ0) is 7.40. The van der Waals surface area contributed by atoms with Crippen molar-refractivity contribution < 1.29 is 10.0 Å². The van der Waals surface area contributed by atoms with Gasteiger partial charge in [0, 0.05) is 0 Å². The molecular weight excluding hydrogens is 150 g/mol. The molecule has 0 radical (unpaired) electrons. The number of carbonyl (C=O) groups is 1. The number of ketones is 1. The number of hydrogen-bond acceptors (Lipinski definition) is 4. The van der Waals surface area contributed by atoms with Crippen molar-refractivity contribution in [2.24, 2.45) is 5.16 Å². The van der Waals surface area contributed by atoms with E-state index in [9.17, 15) is 4.79 Å². The Hall–Kier alpha value is -1.16. The third-order valence-corrected chi connectivity index (χ3v) is 1.82. The highest BCUT2D eigenvalue weighted by Crippen LogP contribution is 2.07. The summed E-state index contributed by atoms with van der Waals surface area (Å²) in [7, 11) is 0. The number of rotatable bonds is 2. The van der Waals surface area contributed by atoms with E-state index in [4.69, 9.17) is 5.21 Å². The molecule has 0 aromatic carbocycles. The van der Waals surface area contributed by atoms with Crippen molar-refractivity contribution in [2.45, 2.75) is 0 Å². The van der Waals surface area contributed by atoms with Gasteiger partial charge in [0.1, 0.15) is 6.21 Å². The lowest BCUT2D eigenvalue weighted by Gasteiger charge is -1.82. The van der Waals surface area contributed by atoms with Crippen LogP contribution in [0.15, 0.2) is 22.7 Å². The Bertz CT molecular complexity index is 240. The Morgan fingerprint density at radius 1 is 1.80 bits per heavy atom. The van der Waals surface area contributed by atoms with Crippen molar-refractivity contribution in [2.75, 3.05) is 0 Å². The molecule has 0 fully saturated rings. The molecule has 0 unspecified atom stereocenters. The highest BCUT2D eigenvalue weighted by Gasteiger charge is 2.01. The van der Waals surface area contributed by atoms with Crippen molar-refractivity contribution in [3.63, 3.8) is 0 Å². The van der Waals surface area contributed by atoms with Crippen LogP contribution in [0.1, 0.15) is 9.67 Å². The maximum Gasteiger partial charge on any atom is 0.217 e. The van der Waals surface area contributed by atoms with Crippen LogP contribution in [0.25, 0.3) is 0 Å². The van der Waals surface area contributed by atoms with Gasteiger partial charge >= 0.3 is 0 Å². The van der Waals surface area contributed by atoms with Crippen LogP contribution in [-0.2, 0) is 0 Å². The van der Waals surface area contributed by atoms with E-state index in [0.717, 1.165) is 6.21 Å². The molecule has 1 rings (SSSR count). The minimum atomic E-state index is -0.266. The van der Waals surface area contributed by atoms with Crippen LogP contribution in [0.5, 0.6) is 0 Å². The lowest BCUT2D eigenvalue weighted by molar-refractivity contribution is 0.107. The van der Waals surface area contributed by atoms with Gasteiger partial charge in [-0.3, -0.25) is 4.79 Å². The Kier molecular flexibility index (Phi) is 2.17. The molecule has 1 N–H and O–H groups in total. The van der Waals surface area contributed by atoms with Crippen molar-refractivity contribution in [1.29, 1.82) is 0 Å². The predicted octanol–water partition coefficient (Wildman–Crippen LogP) is 1.39. The standard InChI is InChI=1S/C6H5NO2S/c8-5(4-7-9)6-2-1-3-10-6/h1-4,9H/b7-4+. The summed E-state index contributed by atoms with van der Waals surface area (Å²) in [5.74, 6) is -0.266. The maximum atomic E-state index is 10.8. The summed E-state index contributed by atoms with van der Waals surface area (Å²) in [6.45, 7) is 0. The number of Topliss-reactive ketones (excluding diaryl/α,β-unsaturated/α-hetero) is 1. The first kappa shape index (κ1) is 6.95. The van der Waals surface area contributed by atoms with E-state index >= 15 is 0 Å². The van der Waals surface area contributed by atoms with E-state index in [1.807, 2.05) is 0 Å². The van der Waals surface area contributed by atoms with Gasteiger partial charge < -0.3 is 5.21 Å². The first-order chi connectivity index (χ1) is 4.84. The van der Waals surface area contributed by atoms with E-state index in [0.29, 0.717) is 4.88 Å². The van der Waals surface area contributed by atoms with E-state index in [-0.39, 0.29) is 5.78 Å². The molecule has 1 heterocycles. The highest BCUT2D eigenvalue weighted by atomic mass is 32.1. The second kappa shape index (κ2) is 3.12. The molecule has 3 nitrogen and oxygen atoms in total. The van der Waals surface area contributed by atoms with Gasteiger partial charge in [-0.05, 0) is 11.4 Å². The van der Waals surface area contributed by atoms with E-state index in [1.54, 1.807) is 17.5 Å². The fraction of sp³-hybridized carbons (Fsp3) is 0. The van der Waals surface area contributed by atoms with Crippen LogP contribution in [0.4, 0.5) is 0 Å². The minimum absolute atomic E-state index is 0.266. The highest BCUT2D eigenvalue weighted by molar-refractivity contribution is 7.12. The van der Waals surface area contributed by atoms with Gasteiger partial charge in [-0.25, -0.2) is 0 Å². The van der Waals surface area contributed by atoms with Crippen LogP contribution >= 0.6 is 11.3 Å². The minimum Gasteiger partial charge on any atom is -0.411 e. The smallest absolute Gasteiger partial charge is 0.217 e. The van der Waals surface area contributed by atoms with Crippen LogP contribution < -0.4 is 0 Å². The molecule has 1 aromatic heterocycles. The van der Waals surface area contributed by atoms with Gasteiger partial charge in [0.2, 0.25) is 5.78 Å². The predicted molar refractivity (Wildman–Crippen MR) is 38.9 cm³/mol. The number of carbonyl (C=O) groups excluding carboxylic acids is 1. The Labute approximate surface area is 61.6 Å².